The highest BCUT2D eigenvalue weighted by Crippen LogP contribution is 2.29. The SMILES string of the molecule is CC(CN1CC[C@@H](NCC2C=C3OCCOC3=CC2)[C@@H](F)C1)c1c(F)cnc2ccc(=O)n(C)c12. The Balaban J connectivity index is 1.19. The molecule has 7 nitrogen and oxygen atoms in total. The predicted molar refractivity (Wildman–Crippen MR) is 129 cm³/mol. The minimum Gasteiger partial charge on any atom is -0.486 e. The third kappa shape index (κ3) is 4.97. The Bertz CT molecular complexity index is 1210. The normalized spacial score (nSPS) is 25.8. The molecule has 9 heteroatoms. The summed E-state index contributed by atoms with van der Waals surface area (Å²) in [7, 11) is 1.63. The van der Waals surface area contributed by atoms with E-state index in [0.29, 0.717) is 55.9 Å². The standard InChI is InChI=1S/C26H32F2N4O3/c1-16(25-18(27)13-30-21-4-6-24(33)31(2)26(21)25)14-32-8-7-20(19(28)15-32)29-12-17-3-5-22-23(11-17)35-10-9-34-22/h4-6,11,13,16-17,19-20,29H,3,7-10,12,14-15H2,1-2H3/t16?,17?,19-,20+/m0/s1. The number of aromatic nitrogens is 2. The smallest absolute Gasteiger partial charge is 0.250 e. The third-order valence-corrected chi connectivity index (χ3v) is 7.25. The first-order valence-electron chi connectivity index (χ1n) is 12.3. The van der Waals surface area contributed by atoms with Gasteiger partial charge >= 0.3 is 0 Å². The van der Waals surface area contributed by atoms with Gasteiger partial charge < -0.3 is 19.4 Å². The van der Waals surface area contributed by atoms with Crippen LogP contribution in [-0.4, -0.2) is 66.1 Å². The Labute approximate surface area is 203 Å². The monoisotopic (exact) mass is 486 g/mol. The molecule has 2 saturated heterocycles. The summed E-state index contributed by atoms with van der Waals surface area (Å²) in [4.78, 5) is 18.3. The van der Waals surface area contributed by atoms with Crippen LogP contribution in [0.2, 0.25) is 0 Å². The summed E-state index contributed by atoms with van der Waals surface area (Å²) in [6.45, 7) is 5.25. The van der Waals surface area contributed by atoms with Gasteiger partial charge in [-0.05, 0) is 49.4 Å². The van der Waals surface area contributed by atoms with E-state index in [1.54, 1.807) is 13.1 Å². The van der Waals surface area contributed by atoms with Gasteiger partial charge in [-0.25, -0.2) is 8.78 Å². The summed E-state index contributed by atoms with van der Waals surface area (Å²) in [5.41, 5.74) is 1.32. The van der Waals surface area contributed by atoms with Crippen molar-refractivity contribution in [3.8, 4) is 0 Å². The van der Waals surface area contributed by atoms with Crippen molar-refractivity contribution < 1.29 is 18.3 Å². The van der Waals surface area contributed by atoms with Crippen molar-refractivity contribution >= 4 is 11.0 Å². The van der Waals surface area contributed by atoms with Gasteiger partial charge in [0, 0.05) is 44.4 Å². The molecule has 5 rings (SSSR count). The van der Waals surface area contributed by atoms with Crippen LogP contribution in [0, 0.1) is 11.7 Å². The number of nitrogens with zero attached hydrogens (tertiary/aromatic N) is 3. The van der Waals surface area contributed by atoms with Gasteiger partial charge in [0.1, 0.15) is 25.2 Å². The lowest BCUT2D eigenvalue weighted by atomic mass is 9.95. The van der Waals surface area contributed by atoms with E-state index in [4.69, 9.17) is 9.47 Å². The molecule has 0 bridgehead atoms. The zero-order valence-electron chi connectivity index (χ0n) is 20.2. The minimum atomic E-state index is -1.02. The molecule has 4 atom stereocenters. The Morgan fingerprint density at radius 3 is 2.86 bits per heavy atom. The van der Waals surface area contributed by atoms with Gasteiger partial charge in [0.05, 0.1) is 17.2 Å². The van der Waals surface area contributed by atoms with Gasteiger partial charge in [-0.15, -0.1) is 0 Å². The number of allylic oxidation sites excluding steroid dienone is 1. The van der Waals surface area contributed by atoms with Gasteiger partial charge in [-0.1, -0.05) is 6.92 Å². The molecular weight excluding hydrogens is 454 g/mol. The molecule has 2 fully saturated rings. The molecule has 188 valence electrons. The number of fused-ring (bicyclic) bond motifs is 2. The topological polar surface area (TPSA) is 68.6 Å². The van der Waals surface area contributed by atoms with Crippen molar-refractivity contribution in [2.75, 3.05) is 39.4 Å². The zero-order chi connectivity index (χ0) is 24.5. The lowest BCUT2D eigenvalue weighted by Crippen LogP contribution is -2.52. The number of hydrogen-bond acceptors (Lipinski definition) is 6. The summed E-state index contributed by atoms with van der Waals surface area (Å²) < 4.78 is 42.7. The predicted octanol–water partition coefficient (Wildman–Crippen LogP) is 3.01. The number of hydrogen-bond donors (Lipinski definition) is 1. The number of rotatable bonds is 6. The number of aryl methyl sites for hydroxylation is 1. The number of piperidine rings is 1. The molecule has 3 aliphatic rings. The van der Waals surface area contributed by atoms with Crippen molar-refractivity contribution in [2.24, 2.45) is 13.0 Å². The first-order chi connectivity index (χ1) is 16.9. The molecule has 35 heavy (non-hydrogen) atoms. The Morgan fingerprint density at radius 1 is 1.26 bits per heavy atom. The first kappa shape index (κ1) is 23.9. The second kappa shape index (κ2) is 10.1. The fourth-order valence-corrected chi connectivity index (χ4v) is 5.39. The summed E-state index contributed by atoms with van der Waals surface area (Å²) in [5, 5.41) is 3.41. The third-order valence-electron chi connectivity index (χ3n) is 7.25. The molecule has 2 unspecified atom stereocenters. The minimum absolute atomic E-state index is 0.211. The fraction of sp³-hybridized carbons (Fsp3) is 0.538. The maximum atomic E-state index is 15.1. The van der Waals surface area contributed by atoms with Crippen LogP contribution in [0.4, 0.5) is 8.78 Å². The van der Waals surface area contributed by atoms with Crippen LogP contribution in [0.15, 0.2) is 46.8 Å². The lowest BCUT2D eigenvalue weighted by Gasteiger charge is -2.37. The average Bonchev–Trinajstić information content (AvgIpc) is 2.85. The Morgan fingerprint density at radius 2 is 2.06 bits per heavy atom. The molecule has 1 aliphatic carbocycles. The van der Waals surface area contributed by atoms with Crippen LogP contribution in [0.5, 0.6) is 0 Å². The van der Waals surface area contributed by atoms with Crippen LogP contribution in [0.3, 0.4) is 0 Å². The van der Waals surface area contributed by atoms with Crippen molar-refractivity contribution in [3.63, 3.8) is 0 Å². The zero-order valence-corrected chi connectivity index (χ0v) is 20.2. The van der Waals surface area contributed by atoms with E-state index < -0.39 is 12.0 Å². The van der Waals surface area contributed by atoms with Gasteiger partial charge in [0.2, 0.25) is 0 Å². The number of halogens is 2. The average molecular weight is 487 g/mol. The van der Waals surface area contributed by atoms with Gasteiger partial charge in [0.15, 0.2) is 11.5 Å². The van der Waals surface area contributed by atoms with E-state index >= 15 is 4.39 Å². The summed E-state index contributed by atoms with van der Waals surface area (Å²) in [6.07, 6.45) is 5.83. The van der Waals surface area contributed by atoms with Crippen LogP contribution >= 0.6 is 0 Å². The highest BCUT2D eigenvalue weighted by Gasteiger charge is 2.31. The summed E-state index contributed by atoms with van der Waals surface area (Å²) in [5.74, 6) is 1.19. The van der Waals surface area contributed by atoms with E-state index in [2.05, 4.69) is 22.5 Å². The number of pyridine rings is 2. The summed E-state index contributed by atoms with van der Waals surface area (Å²) in [6, 6.07) is 2.84. The van der Waals surface area contributed by atoms with Crippen molar-refractivity contribution in [1.29, 1.82) is 0 Å². The number of alkyl halides is 1. The van der Waals surface area contributed by atoms with E-state index in [0.717, 1.165) is 24.5 Å². The van der Waals surface area contributed by atoms with Crippen LogP contribution < -0.4 is 10.9 Å². The molecule has 0 spiro atoms. The number of likely N-dealkylation sites (tertiary alicyclic amines) is 1. The Kier molecular flexibility index (Phi) is 6.88. The number of ether oxygens (including phenoxy) is 2. The van der Waals surface area contributed by atoms with Gasteiger partial charge in [-0.3, -0.25) is 14.7 Å². The van der Waals surface area contributed by atoms with Gasteiger partial charge in [0.25, 0.3) is 5.56 Å². The van der Waals surface area contributed by atoms with Crippen molar-refractivity contribution in [2.45, 2.75) is 37.9 Å². The number of nitrogens with one attached hydrogen (secondary N) is 1. The van der Waals surface area contributed by atoms with E-state index in [9.17, 15) is 9.18 Å². The molecule has 0 radical (unpaired) electrons. The second-order valence-corrected chi connectivity index (χ2v) is 9.76. The van der Waals surface area contributed by atoms with Crippen molar-refractivity contribution in [1.82, 2.24) is 19.8 Å². The van der Waals surface area contributed by atoms with E-state index in [1.165, 1.54) is 16.8 Å². The molecule has 4 heterocycles. The summed E-state index contributed by atoms with van der Waals surface area (Å²) >= 11 is 0. The molecule has 2 aliphatic heterocycles. The van der Waals surface area contributed by atoms with Crippen LogP contribution in [-0.2, 0) is 16.5 Å². The molecule has 0 saturated carbocycles. The van der Waals surface area contributed by atoms with Crippen LogP contribution in [0.25, 0.3) is 11.0 Å². The molecule has 2 aromatic heterocycles. The largest absolute Gasteiger partial charge is 0.486 e. The molecule has 1 N–H and O–H groups in total. The molecule has 0 amide bonds. The van der Waals surface area contributed by atoms with E-state index in [-0.39, 0.29) is 23.4 Å². The molecular formula is C26H32F2N4O3. The quantitative estimate of drug-likeness (QED) is 0.677. The highest BCUT2D eigenvalue weighted by molar-refractivity contribution is 5.78. The second-order valence-electron chi connectivity index (χ2n) is 9.76. The van der Waals surface area contributed by atoms with E-state index in [1.807, 2.05) is 11.8 Å². The first-order valence-corrected chi connectivity index (χ1v) is 12.3. The van der Waals surface area contributed by atoms with Crippen LogP contribution in [0.1, 0.15) is 31.2 Å². The maximum Gasteiger partial charge on any atom is 0.250 e. The van der Waals surface area contributed by atoms with Gasteiger partial charge in [-0.2, -0.15) is 0 Å². The molecule has 0 aromatic carbocycles. The highest BCUT2D eigenvalue weighted by atomic mass is 19.1. The fourth-order valence-electron chi connectivity index (χ4n) is 5.39. The Hall–Kier alpha value is -2.78. The lowest BCUT2D eigenvalue weighted by molar-refractivity contribution is 0.0551. The maximum absolute atomic E-state index is 15.1. The molecule has 2 aromatic rings. The van der Waals surface area contributed by atoms with Crippen molar-refractivity contribution in [3.05, 3.63) is 63.7 Å².